The fourth-order valence-corrected chi connectivity index (χ4v) is 4.10. The topological polar surface area (TPSA) is 122 Å². The number of ether oxygens (including phenoxy) is 3. The molecule has 1 aliphatic heterocycles. The van der Waals surface area contributed by atoms with Crippen molar-refractivity contribution in [3.8, 4) is 11.5 Å². The van der Waals surface area contributed by atoms with Crippen molar-refractivity contribution in [3.05, 3.63) is 56.9 Å². The number of nitro groups is 1. The van der Waals surface area contributed by atoms with Crippen LogP contribution in [0.1, 0.15) is 17.3 Å². The molecule has 31 heavy (non-hydrogen) atoms. The second kappa shape index (κ2) is 8.56. The second-order valence-corrected chi connectivity index (χ2v) is 7.47. The van der Waals surface area contributed by atoms with E-state index in [1.807, 2.05) is 0 Å². The summed E-state index contributed by atoms with van der Waals surface area (Å²) in [5.74, 6) is 0.0663. The maximum absolute atomic E-state index is 12.7. The molecule has 0 radical (unpaired) electrons. The van der Waals surface area contributed by atoms with Crippen LogP contribution in [0.5, 0.6) is 11.5 Å². The van der Waals surface area contributed by atoms with Gasteiger partial charge in [0.25, 0.3) is 11.6 Å². The van der Waals surface area contributed by atoms with Crippen molar-refractivity contribution in [2.24, 2.45) is 4.99 Å². The van der Waals surface area contributed by atoms with Gasteiger partial charge in [0.15, 0.2) is 16.3 Å². The molecule has 0 fully saturated rings. The monoisotopic (exact) mass is 443 g/mol. The third-order valence-corrected chi connectivity index (χ3v) is 5.50. The van der Waals surface area contributed by atoms with Gasteiger partial charge in [-0.3, -0.25) is 19.7 Å². The van der Waals surface area contributed by atoms with E-state index in [-0.39, 0.29) is 29.2 Å². The summed E-state index contributed by atoms with van der Waals surface area (Å²) in [4.78, 5) is 39.6. The molecule has 0 bridgehead atoms. The van der Waals surface area contributed by atoms with Crippen LogP contribution in [0.4, 0.5) is 5.69 Å². The quantitative estimate of drug-likeness (QED) is 0.337. The number of nitro benzene ring substituents is 1. The van der Waals surface area contributed by atoms with Crippen LogP contribution >= 0.6 is 11.3 Å². The van der Waals surface area contributed by atoms with Crippen LogP contribution in [0.15, 0.2) is 41.4 Å². The minimum atomic E-state index is -0.587. The number of benzene rings is 2. The van der Waals surface area contributed by atoms with E-state index in [2.05, 4.69) is 4.99 Å². The number of carbonyl (C=O) groups excluding carboxylic acids is 2. The van der Waals surface area contributed by atoms with Crippen LogP contribution in [0, 0.1) is 10.1 Å². The first kappa shape index (κ1) is 20.5. The number of aromatic nitrogens is 1. The Labute approximate surface area is 179 Å². The molecule has 0 saturated carbocycles. The van der Waals surface area contributed by atoms with Gasteiger partial charge in [-0.1, -0.05) is 11.3 Å². The fourth-order valence-electron chi connectivity index (χ4n) is 3.06. The second-order valence-electron chi connectivity index (χ2n) is 6.46. The maximum atomic E-state index is 12.7. The Morgan fingerprint density at radius 3 is 2.52 bits per heavy atom. The first-order valence-electron chi connectivity index (χ1n) is 9.38. The summed E-state index contributed by atoms with van der Waals surface area (Å²) >= 11 is 1.21. The van der Waals surface area contributed by atoms with Gasteiger partial charge in [-0.25, -0.2) is 0 Å². The number of hydrogen-bond acceptors (Lipinski definition) is 8. The van der Waals surface area contributed by atoms with E-state index < -0.39 is 16.8 Å². The molecular weight excluding hydrogens is 426 g/mol. The van der Waals surface area contributed by atoms with Crippen LogP contribution in [0.25, 0.3) is 10.2 Å². The highest BCUT2D eigenvalue weighted by Gasteiger charge is 2.19. The number of amides is 1. The Balaban J connectivity index is 1.79. The average molecular weight is 443 g/mol. The van der Waals surface area contributed by atoms with Crippen molar-refractivity contribution in [1.29, 1.82) is 0 Å². The van der Waals surface area contributed by atoms with Crippen molar-refractivity contribution < 1.29 is 28.7 Å². The molecule has 1 aromatic heterocycles. The van der Waals surface area contributed by atoms with Gasteiger partial charge in [0.05, 0.1) is 21.7 Å². The third kappa shape index (κ3) is 4.26. The molecule has 0 atom stereocenters. The largest absolute Gasteiger partial charge is 0.486 e. The molecule has 2 aromatic carbocycles. The van der Waals surface area contributed by atoms with Gasteiger partial charge < -0.3 is 18.8 Å². The van der Waals surface area contributed by atoms with Crippen molar-refractivity contribution in [3.63, 3.8) is 0 Å². The van der Waals surface area contributed by atoms with Crippen LogP contribution in [-0.4, -0.2) is 41.2 Å². The highest BCUT2D eigenvalue weighted by atomic mass is 32.1. The third-order valence-electron chi connectivity index (χ3n) is 4.46. The SMILES string of the molecule is CCOC(=O)Cn1c(=NC(=O)c2ccc([N+](=O)[O-])cc2)sc2cc3c(cc21)OCCO3. The number of rotatable bonds is 5. The smallest absolute Gasteiger partial charge is 0.326 e. The number of esters is 1. The summed E-state index contributed by atoms with van der Waals surface area (Å²) in [5, 5.41) is 10.8. The van der Waals surface area contributed by atoms with E-state index in [0.717, 1.165) is 4.70 Å². The zero-order valence-corrected chi connectivity index (χ0v) is 17.2. The number of hydrogen-bond donors (Lipinski definition) is 0. The molecule has 160 valence electrons. The molecule has 0 unspecified atom stereocenters. The highest BCUT2D eigenvalue weighted by molar-refractivity contribution is 7.16. The Kier molecular flexibility index (Phi) is 5.67. The lowest BCUT2D eigenvalue weighted by molar-refractivity contribution is -0.384. The van der Waals surface area contributed by atoms with E-state index >= 15 is 0 Å². The molecule has 2 heterocycles. The molecule has 4 rings (SSSR count). The van der Waals surface area contributed by atoms with Gasteiger partial charge >= 0.3 is 5.97 Å². The zero-order valence-electron chi connectivity index (χ0n) is 16.4. The summed E-state index contributed by atoms with van der Waals surface area (Å²) in [5.41, 5.74) is 0.718. The van der Waals surface area contributed by atoms with Crippen LogP contribution < -0.4 is 14.3 Å². The maximum Gasteiger partial charge on any atom is 0.326 e. The molecule has 0 saturated heterocycles. The summed E-state index contributed by atoms with van der Waals surface area (Å²) in [7, 11) is 0. The van der Waals surface area contributed by atoms with Gasteiger partial charge in [-0.05, 0) is 19.1 Å². The van der Waals surface area contributed by atoms with Gasteiger partial charge in [-0.2, -0.15) is 4.99 Å². The number of nitrogens with zero attached hydrogens (tertiary/aromatic N) is 3. The molecule has 0 aliphatic carbocycles. The van der Waals surface area contributed by atoms with Crippen molar-refractivity contribution in [2.45, 2.75) is 13.5 Å². The highest BCUT2D eigenvalue weighted by Crippen LogP contribution is 2.35. The number of fused-ring (bicyclic) bond motifs is 2. The van der Waals surface area contributed by atoms with Gasteiger partial charge in [0, 0.05) is 29.8 Å². The summed E-state index contributed by atoms with van der Waals surface area (Å²) in [6.07, 6.45) is 0. The lowest BCUT2D eigenvalue weighted by Gasteiger charge is -2.18. The number of non-ortho nitro benzene ring substituents is 1. The lowest BCUT2D eigenvalue weighted by atomic mass is 10.2. The standard InChI is InChI=1S/C20H17N3O7S/c1-2-28-18(24)11-22-14-9-15-16(30-8-7-29-15)10-17(14)31-20(22)21-19(25)12-3-5-13(6-4-12)23(26)27/h3-6,9-10H,2,7-8,11H2,1H3. The molecule has 1 amide bonds. The van der Waals surface area contributed by atoms with E-state index in [1.165, 1.54) is 35.6 Å². The minimum Gasteiger partial charge on any atom is -0.486 e. The van der Waals surface area contributed by atoms with Gasteiger partial charge in [-0.15, -0.1) is 0 Å². The Bertz CT molecular complexity index is 1240. The van der Waals surface area contributed by atoms with E-state index in [1.54, 1.807) is 23.6 Å². The fraction of sp³-hybridized carbons (Fsp3) is 0.250. The first-order chi connectivity index (χ1) is 15.0. The van der Waals surface area contributed by atoms with Crippen LogP contribution in [0.2, 0.25) is 0 Å². The van der Waals surface area contributed by atoms with Crippen molar-refractivity contribution in [2.75, 3.05) is 19.8 Å². The Morgan fingerprint density at radius 2 is 1.87 bits per heavy atom. The Morgan fingerprint density at radius 1 is 1.19 bits per heavy atom. The molecule has 10 nitrogen and oxygen atoms in total. The number of carbonyl (C=O) groups is 2. The predicted octanol–water partition coefficient (Wildman–Crippen LogP) is 2.69. The van der Waals surface area contributed by atoms with E-state index in [4.69, 9.17) is 14.2 Å². The summed E-state index contributed by atoms with van der Waals surface area (Å²) in [6, 6.07) is 8.69. The minimum absolute atomic E-state index is 0.124. The van der Waals surface area contributed by atoms with Crippen LogP contribution in [0.3, 0.4) is 0 Å². The van der Waals surface area contributed by atoms with Gasteiger partial charge in [0.2, 0.25) is 0 Å². The Hall–Kier alpha value is -3.73. The summed E-state index contributed by atoms with van der Waals surface area (Å²) < 4.78 is 18.6. The molecule has 3 aromatic rings. The molecule has 0 spiro atoms. The lowest BCUT2D eigenvalue weighted by Crippen LogP contribution is -2.23. The molecule has 0 N–H and O–H groups in total. The molecule has 1 aliphatic rings. The molecule has 11 heteroatoms. The van der Waals surface area contributed by atoms with Gasteiger partial charge in [0.1, 0.15) is 19.8 Å². The van der Waals surface area contributed by atoms with E-state index in [9.17, 15) is 19.7 Å². The van der Waals surface area contributed by atoms with E-state index in [0.29, 0.717) is 30.2 Å². The van der Waals surface area contributed by atoms with Crippen LogP contribution in [-0.2, 0) is 16.1 Å². The first-order valence-corrected chi connectivity index (χ1v) is 10.2. The normalized spacial score (nSPS) is 13.3. The molecular formula is C20H17N3O7S. The predicted molar refractivity (Wildman–Crippen MR) is 110 cm³/mol. The number of thiazole rings is 1. The average Bonchev–Trinajstić information content (AvgIpc) is 3.08. The van der Waals surface area contributed by atoms with Crippen molar-refractivity contribution in [1.82, 2.24) is 4.57 Å². The van der Waals surface area contributed by atoms with Crippen molar-refractivity contribution >= 4 is 39.1 Å². The summed E-state index contributed by atoms with van der Waals surface area (Å²) in [6.45, 7) is 2.64. The zero-order chi connectivity index (χ0) is 22.0.